The van der Waals surface area contributed by atoms with Crippen LogP contribution in [-0.2, 0) is 5.48 Å². The van der Waals surface area contributed by atoms with Crippen LogP contribution in [0, 0.1) is 0 Å². The van der Waals surface area contributed by atoms with Crippen LogP contribution >= 0.6 is 0 Å². The number of hydrogen-bond donors (Lipinski definition) is 4. The maximum Gasteiger partial charge on any atom is 3.00 e. The van der Waals surface area contributed by atoms with Gasteiger partial charge in [-0.3, -0.25) is 0 Å². The molecular weight excluding hydrogens is 173 g/mol. The molecule has 0 aliphatic heterocycles. The average Bonchev–Trinajstić information content (AvgIpc) is 0.722. The second-order valence-corrected chi connectivity index (χ2v) is 1.80. The Labute approximate surface area is 77.0 Å². The van der Waals surface area contributed by atoms with Crippen LogP contribution in [-0.4, -0.2) is 71.4 Å². The summed E-state index contributed by atoms with van der Waals surface area (Å²) in [5.74, 6) is 0. The van der Waals surface area contributed by atoms with Crippen molar-refractivity contribution < 1.29 is 24.7 Å². The predicted molar refractivity (Wildman–Crippen MR) is 32.6 cm³/mol. The van der Waals surface area contributed by atoms with Crippen LogP contribution in [0.15, 0.2) is 0 Å². The van der Waals surface area contributed by atoms with Crippen LogP contribution < -0.4 is 0 Å². The van der Waals surface area contributed by atoms with E-state index in [1.165, 1.54) is 0 Å². The fourth-order valence-electron chi connectivity index (χ4n) is 0. The van der Waals surface area contributed by atoms with Crippen molar-refractivity contribution in [1.29, 1.82) is 0 Å². The molecule has 0 saturated carbocycles. The van der Waals surface area contributed by atoms with E-state index in [1.807, 2.05) is 0 Å². The standard InChI is InChI=1S/2Al.B.H4O4Si.O/c;;;1-5(2,3)4;/h;;;1-4H;/q3*+3;;-2. The van der Waals surface area contributed by atoms with Gasteiger partial charge in [-0.15, -0.1) is 0 Å². The summed E-state index contributed by atoms with van der Waals surface area (Å²) in [7, 11) is -4.61. The maximum atomic E-state index is 7.33. The summed E-state index contributed by atoms with van der Waals surface area (Å²) in [5, 5.41) is 0. The van der Waals surface area contributed by atoms with Crippen molar-refractivity contribution in [1.82, 2.24) is 0 Å². The molecule has 0 saturated heterocycles. The molecule has 0 unspecified atom stereocenters. The minimum atomic E-state index is -4.61. The summed E-state index contributed by atoms with van der Waals surface area (Å²) in [4.78, 5) is 29.3. The van der Waals surface area contributed by atoms with Crippen molar-refractivity contribution in [2.24, 2.45) is 0 Å². The summed E-state index contributed by atoms with van der Waals surface area (Å²) in [6, 6.07) is 0. The van der Waals surface area contributed by atoms with Gasteiger partial charge in [0.05, 0.1) is 0 Å². The first-order valence-corrected chi connectivity index (χ1v) is 2.68. The second kappa shape index (κ2) is 11.9. The third-order valence-corrected chi connectivity index (χ3v) is 0. The van der Waals surface area contributed by atoms with Crippen LogP contribution in [0.1, 0.15) is 0 Å². The van der Waals surface area contributed by atoms with Crippen LogP contribution in [0.4, 0.5) is 0 Å². The van der Waals surface area contributed by atoms with Gasteiger partial charge in [0.25, 0.3) is 0 Å². The first kappa shape index (κ1) is 32.0. The van der Waals surface area contributed by atoms with Crippen molar-refractivity contribution in [2.75, 3.05) is 0 Å². The van der Waals surface area contributed by atoms with Gasteiger partial charge in [0.15, 0.2) is 0 Å². The Bertz CT molecular complexity index is 30.4. The molecule has 9 heavy (non-hydrogen) atoms. The van der Waals surface area contributed by atoms with Crippen LogP contribution in [0.2, 0.25) is 0 Å². The van der Waals surface area contributed by atoms with Gasteiger partial charge in [0.2, 0.25) is 0 Å². The third kappa shape index (κ3) is 355. The Balaban J connectivity index is -0.0000000133. The Morgan fingerprint density at radius 1 is 0.778 bits per heavy atom. The minimum absolute atomic E-state index is 0. The molecule has 9 heteroatoms. The average molecular weight is 177 g/mol. The molecule has 0 rings (SSSR count). The second-order valence-electron chi connectivity index (χ2n) is 0.600. The van der Waals surface area contributed by atoms with E-state index in [-0.39, 0.29) is 48.6 Å². The molecule has 0 radical (unpaired) electrons. The monoisotopic (exact) mass is 177 g/mol. The van der Waals surface area contributed by atoms with Gasteiger partial charge < -0.3 is 24.7 Å². The Hall–Kier alpha value is 1.15. The normalized spacial score (nSPS) is 6.67. The molecule has 0 fully saturated rings. The van der Waals surface area contributed by atoms with Gasteiger partial charge in [-0.2, -0.15) is 0 Å². The molecule has 40 valence electrons. The Kier molecular flexibility index (Phi) is 42.3. The van der Waals surface area contributed by atoms with E-state index in [2.05, 4.69) is 0 Å². The quantitative estimate of drug-likeness (QED) is 0.283. The van der Waals surface area contributed by atoms with Gasteiger partial charge in [-0.05, 0) is 0 Å². The van der Waals surface area contributed by atoms with E-state index in [1.54, 1.807) is 0 Å². The molecule has 0 aromatic rings. The first-order valence-electron chi connectivity index (χ1n) is 0.894. The summed E-state index contributed by atoms with van der Waals surface area (Å²) in [5.41, 5.74) is 0. The van der Waals surface area contributed by atoms with Gasteiger partial charge in [0, 0.05) is 0 Å². The van der Waals surface area contributed by atoms with E-state index in [0.717, 1.165) is 0 Å². The molecule has 0 aromatic carbocycles. The van der Waals surface area contributed by atoms with Crippen molar-refractivity contribution in [2.45, 2.75) is 0 Å². The zero-order chi connectivity index (χ0) is 4.50. The van der Waals surface area contributed by atoms with Gasteiger partial charge in [-0.1, -0.05) is 0 Å². The molecule has 0 aromatic heterocycles. The predicted octanol–water partition coefficient (Wildman–Crippen LogP) is -3.87. The molecule has 5 nitrogen and oxygen atoms in total. The molecular formula is H4Al2BO5Si+7. The minimum Gasteiger partial charge on any atom is -2.00 e. The van der Waals surface area contributed by atoms with Crippen molar-refractivity contribution in [3.05, 3.63) is 0 Å². The summed E-state index contributed by atoms with van der Waals surface area (Å²) >= 11 is 0. The van der Waals surface area contributed by atoms with Gasteiger partial charge >= 0.3 is 52.2 Å². The van der Waals surface area contributed by atoms with E-state index in [9.17, 15) is 0 Å². The van der Waals surface area contributed by atoms with Crippen LogP contribution in [0.5, 0.6) is 0 Å². The van der Waals surface area contributed by atoms with Gasteiger partial charge in [-0.25, -0.2) is 0 Å². The third-order valence-electron chi connectivity index (χ3n) is 0. The van der Waals surface area contributed by atoms with E-state index < -0.39 is 9.05 Å². The summed E-state index contributed by atoms with van der Waals surface area (Å²) in [6.45, 7) is 0. The van der Waals surface area contributed by atoms with Crippen LogP contribution in [0.25, 0.3) is 0 Å². The molecule has 0 bridgehead atoms. The molecule has 0 heterocycles. The van der Waals surface area contributed by atoms with Gasteiger partial charge in [0.1, 0.15) is 0 Å². The molecule has 0 spiro atoms. The van der Waals surface area contributed by atoms with Crippen molar-refractivity contribution in [3.63, 3.8) is 0 Å². The first-order chi connectivity index (χ1) is 2.00. The molecule has 4 N–H and O–H groups in total. The fourth-order valence-corrected chi connectivity index (χ4v) is 0. The Morgan fingerprint density at radius 3 is 0.778 bits per heavy atom. The molecule has 0 atom stereocenters. The molecule has 0 aliphatic carbocycles. The Morgan fingerprint density at radius 2 is 0.778 bits per heavy atom. The molecule has 0 amide bonds. The maximum absolute atomic E-state index is 7.33. The largest absolute Gasteiger partial charge is 3.00 e. The number of rotatable bonds is 0. The topological polar surface area (TPSA) is 109 Å². The zero-order valence-electron chi connectivity index (χ0n) is 4.43. The zero-order valence-corrected chi connectivity index (χ0v) is 7.74. The van der Waals surface area contributed by atoms with Crippen LogP contribution in [0.3, 0.4) is 0 Å². The van der Waals surface area contributed by atoms with E-state index in [0.29, 0.717) is 0 Å². The summed E-state index contributed by atoms with van der Waals surface area (Å²) < 4.78 is 0. The fraction of sp³-hybridized carbons (Fsp3) is 0. The summed E-state index contributed by atoms with van der Waals surface area (Å²) in [6.07, 6.45) is 0. The smallest absolute Gasteiger partial charge is 2.00 e. The van der Waals surface area contributed by atoms with E-state index >= 15 is 0 Å². The molecule has 0 aliphatic rings. The number of hydrogen-bond acceptors (Lipinski definition) is 4. The van der Waals surface area contributed by atoms with Crippen molar-refractivity contribution in [3.8, 4) is 0 Å². The van der Waals surface area contributed by atoms with Crippen molar-refractivity contribution >= 4 is 52.2 Å². The van der Waals surface area contributed by atoms with E-state index in [4.69, 9.17) is 19.2 Å². The SMILES string of the molecule is O[Si](O)(O)O.[Al+3].[Al+3].[B+3].[O-2].